The Morgan fingerprint density at radius 3 is 2.43 bits per heavy atom. The third-order valence-electron chi connectivity index (χ3n) is 3.13. The summed E-state index contributed by atoms with van der Waals surface area (Å²) in [6, 6.07) is 7.76. The lowest BCUT2D eigenvalue weighted by Gasteiger charge is -2.15. The highest BCUT2D eigenvalue weighted by molar-refractivity contribution is 7.92. The molecule has 21 heavy (non-hydrogen) atoms. The third-order valence-corrected chi connectivity index (χ3v) is 5.20. The fraction of sp³-hybridized carbons (Fsp3) is 0.143. The first-order chi connectivity index (χ1) is 9.72. The molecule has 2 rings (SSSR count). The maximum absolute atomic E-state index is 12.5. The van der Waals surface area contributed by atoms with Crippen LogP contribution in [-0.4, -0.2) is 8.42 Å². The molecule has 0 aliphatic heterocycles. The lowest BCUT2D eigenvalue weighted by atomic mass is 10.1. The van der Waals surface area contributed by atoms with E-state index in [1.165, 1.54) is 18.2 Å². The summed E-state index contributed by atoms with van der Waals surface area (Å²) >= 11 is 11.8. The molecule has 2 aromatic rings. The van der Waals surface area contributed by atoms with E-state index in [0.29, 0.717) is 22.0 Å². The van der Waals surface area contributed by atoms with Crippen LogP contribution in [0.3, 0.4) is 0 Å². The molecule has 0 spiro atoms. The van der Waals surface area contributed by atoms with Crippen LogP contribution in [0.4, 0.5) is 11.4 Å². The smallest absolute Gasteiger partial charge is 0.263 e. The summed E-state index contributed by atoms with van der Waals surface area (Å²) in [5, 5.41) is 0.395. The van der Waals surface area contributed by atoms with Gasteiger partial charge in [-0.25, -0.2) is 8.42 Å². The van der Waals surface area contributed by atoms with Gasteiger partial charge in [0.2, 0.25) is 0 Å². The Morgan fingerprint density at radius 2 is 1.76 bits per heavy atom. The maximum Gasteiger partial charge on any atom is 0.263 e. The SMILES string of the molecule is Cc1ccc(N)c(C)c1NS(=O)(=O)c1cc(Cl)ccc1Cl. The van der Waals surface area contributed by atoms with Crippen molar-refractivity contribution in [2.45, 2.75) is 18.7 Å². The number of rotatable bonds is 3. The summed E-state index contributed by atoms with van der Waals surface area (Å²) in [6.45, 7) is 3.55. The number of nitrogens with one attached hydrogen (secondary N) is 1. The van der Waals surface area contributed by atoms with Crippen molar-refractivity contribution in [2.75, 3.05) is 10.5 Å². The zero-order chi connectivity index (χ0) is 15.8. The largest absolute Gasteiger partial charge is 0.398 e. The van der Waals surface area contributed by atoms with Crippen molar-refractivity contribution < 1.29 is 8.42 Å². The normalized spacial score (nSPS) is 11.4. The fourth-order valence-corrected chi connectivity index (χ4v) is 3.85. The average Bonchev–Trinajstić information content (AvgIpc) is 2.42. The van der Waals surface area contributed by atoms with E-state index < -0.39 is 10.0 Å². The molecule has 0 aliphatic carbocycles. The molecule has 4 nitrogen and oxygen atoms in total. The first-order valence-corrected chi connectivity index (χ1v) is 8.30. The molecule has 0 aromatic heterocycles. The molecule has 0 unspecified atom stereocenters. The van der Waals surface area contributed by atoms with E-state index in [4.69, 9.17) is 28.9 Å². The van der Waals surface area contributed by atoms with E-state index in [1.54, 1.807) is 26.0 Å². The van der Waals surface area contributed by atoms with Crippen LogP contribution in [0, 0.1) is 13.8 Å². The van der Waals surface area contributed by atoms with E-state index in [-0.39, 0.29) is 9.92 Å². The molecule has 0 saturated heterocycles. The van der Waals surface area contributed by atoms with Gasteiger partial charge in [0, 0.05) is 10.7 Å². The maximum atomic E-state index is 12.5. The van der Waals surface area contributed by atoms with Crippen molar-refractivity contribution in [3.8, 4) is 0 Å². The highest BCUT2D eigenvalue weighted by atomic mass is 35.5. The van der Waals surface area contributed by atoms with Crippen molar-refractivity contribution in [1.29, 1.82) is 0 Å². The fourth-order valence-electron chi connectivity index (χ4n) is 1.89. The molecule has 112 valence electrons. The number of anilines is 2. The van der Waals surface area contributed by atoms with Gasteiger partial charge < -0.3 is 5.73 Å². The van der Waals surface area contributed by atoms with Gasteiger partial charge in [0.25, 0.3) is 10.0 Å². The first-order valence-electron chi connectivity index (χ1n) is 6.06. The van der Waals surface area contributed by atoms with Crippen LogP contribution in [0.5, 0.6) is 0 Å². The van der Waals surface area contributed by atoms with Crippen molar-refractivity contribution in [2.24, 2.45) is 0 Å². The molecule has 0 radical (unpaired) electrons. The van der Waals surface area contributed by atoms with Crippen LogP contribution >= 0.6 is 23.2 Å². The van der Waals surface area contributed by atoms with Gasteiger partial charge >= 0.3 is 0 Å². The number of halogens is 2. The topological polar surface area (TPSA) is 72.2 Å². The van der Waals surface area contributed by atoms with E-state index in [9.17, 15) is 8.42 Å². The lowest BCUT2D eigenvalue weighted by molar-refractivity contribution is 0.601. The van der Waals surface area contributed by atoms with Gasteiger partial charge in [-0.2, -0.15) is 0 Å². The van der Waals surface area contributed by atoms with Crippen LogP contribution in [0.2, 0.25) is 10.0 Å². The molecule has 7 heteroatoms. The molecule has 0 saturated carbocycles. The van der Waals surface area contributed by atoms with Crippen LogP contribution in [0.15, 0.2) is 35.2 Å². The van der Waals surface area contributed by atoms with Gasteiger partial charge in [-0.15, -0.1) is 0 Å². The number of hydrogen-bond donors (Lipinski definition) is 2. The first kappa shape index (κ1) is 15.9. The van der Waals surface area contributed by atoms with E-state index in [1.807, 2.05) is 0 Å². The Bertz CT molecular complexity index is 805. The summed E-state index contributed by atoms with van der Waals surface area (Å²) in [6.07, 6.45) is 0. The van der Waals surface area contributed by atoms with Gasteiger partial charge in [0.15, 0.2) is 0 Å². The van der Waals surface area contributed by atoms with Crippen molar-refractivity contribution in [1.82, 2.24) is 0 Å². The molecule has 0 fully saturated rings. The Labute approximate surface area is 133 Å². The van der Waals surface area contributed by atoms with Crippen LogP contribution in [0.1, 0.15) is 11.1 Å². The predicted molar refractivity (Wildman–Crippen MR) is 87.6 cm³/mol. The molecule has 0 amide bonds. The number of hydrogen-bond acceptors (Lipinski definition) is 3. The summed E-state index contributed by atoms with van der Waals surface area (Å²) in [5.41, 5.74) is 8.21. The number of nitrogens with two attached hydrogens (primary N) is 1. The summed E-state index contributed by atoms with van der Waals surface area (Å²) in [7, 11) is -3.85. The molecule has 0 atom stereocenters. The predicted octanol–water partition coefficient (Wildman–Crippen LogP) is 3.99. The minimum absolute atomic E-state index is 0.0714. The Hall–Kier alpha value is -1.43. The summed E-state index contributed by atoms with van der Waals surface area (Å²) in [4.78, 5) is -0.0714. The summed E-state index contributed by atoms with van der Waals surface area (Å²) in [5.74, 6) is 0. The highest BCUT2D eigenvalue weighted by Crippen LogP contribution is 2.30. The van der Waals surface area contributed by atoms with Crippen LogP contribution < -0.4 is 10.5 Å². The molecule has 0 bridgehead atoms. The standard InChI is InChI=1S/C14H14Cl2N2O2S/c1-8-3-6-12(17)9(2)14(8)18-21(19,20)13-7-10(15)4-5-11(13)16/h3-7,18H,17H2,1-2H3. The van der Waals surface area contributed by atoms with E-state index in [0.717, 1.165) is 5.56 Å². The third kappa shape index (κ3) is 3.26. The Kier molecular flexibility index (Phi) is 4.37. The van der Waals surface area contributed by atoms with Gasteiger partial charge in [-0.1, -0.05) is 29.3 Å². The zero-order valence-corrected chi connectivity index (χ0v) is 13.8. The molecular formula is C14H14Cl2N2O2S. The average molecular weight is 345 g/mol. The number of nitrogen functional groups attached to an aromatic ring is 1. The summed E-state index contributed by atoms with van der Waals surface area (Å²) < 4.78 is 27.5. The molecule has 3 N–H and O–H groups in total. The second-order valence-corrected chi connectivity index (χ2v) is 7.15. The van der Waals surface area contributed by atoms with Gasteiger partial charge in [0.1, 0.15) is 4.90 Å². The Morgan fingerprint density at radius 1 is 1.10 bits per heavy atom. The minimum Gasteiger partial charge on any atom is -0.398 e. The van der Waals surface area contributed by atoms with E-state index >= 15 is 0 Å². The molecule has 0 aliphatic rings. The molecule has 0 heterocycles. The van der Waals surface area contributed by atoms with Crippen molar-refractivity contribution >= 4 is 44.6 Å². The molecule has 2 aromatic carbocycles. The highest BCUT2D eigenvalue weighted by Gasteiger charge is 2.20. The number of aryl methyl sites for hydroxylation is 1. The zero-order valence-electron chi connectivity index (χ0n) is 11.4. The van der Waals surface area contributed by atoms with Gasteiger partial charge in [0.05, 0.1) is 10.7 Å². The quantitative estimate of drug-likeness (QED) is 0.826. The van der Waals surface area contributed by atoms with E-state index in [2.05, 4.69) is 4.72 Å². The van der Waals surface area contributed by atoms with Gasteiger partial charge in [-0.05, 0) is 49.2 Å². The monoisotopic (exact) mass is 344 g/mol. The van der Waals surface area contributed by atoms with Crippen molar-refractivity contribution in [3.63, 3.8) is 0 Å². The van der Waals surface area contributed by atoms with Crippen LogP contribution in [0.25, 0.3) is 0 Å². The van der Waals surface area contributed by atoms with Gasteiger partial charge in [-0.3, -0.25) is 4.72 Å². The lowest BCUT2D eigenvalue weighted by Crippen LogP contribution is -2.15. The second-order valence-electron chi connectivity index (χ2n) is 4.65. The Balaban J connectivity index is 2.53. The number of benzene rings is 2. The van der Waals surface area contributed by atoms with Crippen molar-refractivity contribution in [3.05, 3.63) is 51.5 Å². The van der Waals surface area contributed by atoms with Crippen LogP contribution in [-0.2, 0) is 10.0 Å². The number of sulfonamides is 1. The second kappa shape index (κ2) is 5.75. The molecular weight excluding hydrogens is 331 g/mol. The minimum atomic E-state index is -3.85.